The Labute approximate surface area is 164 Å². The van der Waals surface area contributed by atoms with Crippen LogP contribution in [0.25, 0.3) is 5.65 Å². The first-order valence-electron chi connectivity index (χ1n) is 9.38. The summed E-state index contributed by atoms with van der Waals surface area (Å²) in [5.41, 5.74) is 3.27. The summed E-state index contributed by atoms with van der Waals surface area (Å²) in [5, 5.41) is 4.24. The van der Waals surface area contributed by atoms with Gasteiger partial charge in [-0.2, -0.15) is 0 Å². The van der Waals surface area contributed by atoms with Crippen LogP contribution in [-0.4, -0.2) is 33.3 Å². The molecule has 0 aliphatic carbocycles. The van der Waals surface area contributed by atoms with Crippen molar-refractivity contribution < 1.29 is 4.79 Å². The summed E-state index contributed by atoms with van der Waals surface area (Å²) in [7, 11) is 0. The Bertz CT molecular complexity index is 962. The van der Waals surface area contributed by atoms with Crippen molar-refractivity contribution in [1.82, 2.24) is 19.6 Å². The number of carbonyl (C=O) groups is 1. The number of imidazole rings is 1. The molecule has 0 spiro atoms. The van der Waals surface area contributed by atoms with Crippen LogP contribution in [0, 0.1) is 0 Å². The van der Waals surface area contributed by atoms with Gasteiger partial charge in [0.2, 0.25) is 0 Å². The van der Waals surface area contributed by atoms with Crippen molar-refractivity contribution in [2.24, 2.45) is 0 Å². The molecule has 1 aromatic carbocycles. The monoisotopic (exact) mass is 382 g/mol. The lowest BCUT2D eigenvalue weighted by Gasteiger charge is -2.18. The zero-order chi connectivity index (χ0) is 18.8. The number of amides is 1. The van der Waals surface area contributed by atoms with E-state index in [0.717, 1.165) is 47.9 Å². The number of halogens is 1. The van der Waals surface area contributed by atoms with Crippen molar-refractivity contribution in [2.75, 3.05) is 13.1 Å². The molecule has 1 atom stereocenters. The van der Waals surface area contributed by atoms with E-state index in [1.807, 2.05) is 58.0 Å². The highest BCUT2D eigenvalue weighted by Gasteiger charge is 2.26. The summed E-state index contributed by atoms with van der Waals surface area (Å²) in [6, 6.07) is 13.7. The average molecular weight is 383 g/mol. The smallest absolute Gasteiger partial charge is 0.274 e. The molecular formula is C21H23ClN4O. The van der Waals surface area contributed by atoms with Crippen LogP contribution in [0.15, 0.2) is 48.7 Å². The minimum absolute atomic E-state index is 0.0263. The largest absolute Gasteiger partial charge is 0.337 e. The van der Waals surface area contributed by atoms with Crippen molar-refractivity contribution in [3.05, 3.63) is 70.6 Å². The molecule has 1 N–H and O–H groups in total. The van der Waals surface area contributed by atoms with Gasteiger partial charge >= 0.3 is 0 Å². The molecule has 6 heteroatoms. The fraction of sp³-hybridized carbons (Fsp3) is 0.333. The molecule has 0 saturated carbocycles. The first-order valence-corrected chi connectivity index (χ1v) is 9.76. The quantitative estimate of drug-likeness (QED) is 0.723. The molecule has 1 aliphatic rings. The third kappa shape index (κ3) is 3.57. The first-order chi connectivity index (χ1) is 13.1. The maximum atomic E-state index is 13.0. The number of hydrogen-bond donors (Lipinski definition) is 1. The molecule has 1 amide bonds. The molecular weight excluding hydrogens is 360 g/mol. The Balaban J connectivity index is 1.63. The molecule has 3 aromatic rings. The number of nitrogens with one attached hydrogen (secondary N) is 1. The van der Waals surface area contributed by atoms with E-state index in [1.165, 1.54) is 0 Å². The standard InChI is InChI=1S/C21H23ClN4O/c1-15(16-8-2-3-9-17(16)22)23-14-18-20(21(27)25-11-6-7-12-25)24-19-10-4-5-13-26(18)19/h2-5,8-10,13,15,23H,6-7,11-12,14H2,1H3/t15-/m1/s1. The molecule has 27 heavy (non-hydrogen) atoms. The Morgan fingerprint density at radius 3 is 2.70 bits per heavy atom. The van der Waals surface area contributed by atoms with Gasteiger partial charge in [-0.25, -0.2) is 4.98 Å². The van der Waals surface area contributed by atoms with Gasteiger partial charge in [-0.15, -0.1) is 0 Å². The Morgan fingerprint density at radius 2 is 1.93 bits per heavy atom. The minimum Gasteiger partial charge on any atom is -0.337 e. The number of nitrogens with zero attached hydrogens (tertiary/aromatic N) is 3. The van der Waals surface area contributed by atoms with E-state index in [9.17, 15) is 4.79 Å². The van der Waals surface area contributed by atoms with Crippen LogP contribution in [0.4, 0.5) is 0 Å². The van der Waals surface area contributed by atoms with Gasteiger partial charge in [0.1, 0.15) is 5.65 Å². The molecule has 1 fully saturated rings. The summed E-state index contributed by atoms with van der Waals surface area (Å²) in [6.45, 7) is 4.24. The SMILES string of the molecule is C[C@@H](NCc1c(C(=O)N2CCCC2)nc2ccccn12)c1ccccc1Cl. The van der Waals surface area contributed by atoms with Crippen LogP contribution in [0.3, 0.4) is 0 Å². The molecule has 1 saturated heterocycles. The zero-order valence-electron chi connectivity index (χ0n) is 15.4. The fourth-order valence-electron chi connectivity index (χ4n) is 3.64. The van der Waals surface area contributed by atoms with E-state index < -0.39 is 0 Å². The second-order valence-corrected chi connectivity index (χ2v) is 7.37. The second kappa shape index (κ2) is 7.71. The lowest BCUT2D eigenvalue weighted by molar-refractivity contribution is 0.0786. The van der Waals surface area contributed by atoms with Crippen LogP contribution < -0.4 is 5.32 Å². The van der Waals surface area contributed by atoms with E-state index in [-0.39, 0.29) is 11.9 Å². The topological polar surface area (TPSA) is 49.6 Å². The molecule has 140 valence electrons. The van der Waals surface area contributed by atoms with Crippen molar-refractivity contribution in [3.63, 3.8) is 0 Å². The Hall–Kier alpha value is -2.37. The average Bonchev–Trinajstić information content (AvgIpc) is 3.34. The van der Waals surface area contributed by atoms with Crippen LogP contribution in [0.1, 0.15) is 47.6 Å². The van der Waals surface area contributed by atoms with E-state index in [1.54, 1.807) is 0 Å². The van der Waals surface area contributed by atoms with Crippen LogP contribution in [0.2, 0.25) is 5.02 Å². The second-order valence-electron chi connectivity index (χ2n) is 6.96. The van der Waals surface area contributed by atoms with Gasteiger partial charge in [-0.3, -0.25) is 4.79 Å². The highest BCUT2D eigenvalue weighted by Crippen LogP contribution is 2.23. The predicted octanol–water partition coefficient (Wildman–Crippen LogP) is 4.07. The number of likely N-dealkylation sites (tertiary alicyclic amines) is 1. The summed E-state index contributed by atoms with van der Waals surface area (Å²) in [5.74, 6) is 0.0263. The predicted molar refractivity (Wildman–Crippen MR) is 107 cm³/mol. The van der Waals surface area contributed by atoms with Crippen molar-refractivity contribution in [3.8, 4) is 0 Å². The van der Waals surface area contributed by atoms with Gasteiger partial charge in [0.05, 0.1) is 5.69 Å². The normalized spacial score (nSPS) is 15.4. The summed E-state index contributed by atoms with van der Waals surface area (Å²) < 4.78 is 2.00. The number of carbonyl (C=O) groups excluding carboxylic acids is 1. The summed E-state index contributed by atoms with van der Waals surface area (Å²) in [6.07, 6.45) is 4.09. The lowest BCUT2D eigenvalue weighted by atomic mass is 10.1. The number of aromatic nitrogens is 2. The maximum Gasteiger partial charge on any atom is 0.274 e. The third-order valence-electron chi connectivity index (χ3n) is 5.17. The molecule has 0 bridgehead atoms. The molecule has 5 nitrogen and oxygen atoms in total. The summed E-state index contributed by atoms with van der Waals surface area (Å²) >= 11 is 6.32. The van der Waals surface area contributed by atoms with Gasteiger partial charge in [-0.1, -0.05) is 35.9 Å². The van der Waals surface area contributed by atoms with E-state index >= 15 is 0 Å². The van der Waals surface area contributed by atoms with Crippen molar-refractivity contribution >= 4 is 23.2 Å². The van der Waals surface area contributed by atoms with Gasteiger partial charge < -0.3 is 14.6 Å². The zero-order valence-corrected chi connectivity index (χ0v) is 16.1. The third-order valence-corrected chi connectivity index (χ3v) is 5.52. The lowest BCUT2D eigenvalue weighted by Crippen LogP contribution is -2.30. The van der Waals surface area contributed by atoms with E-state index in [0.29, 0.717) is 12.2 Å². The van der Waals surface area contributed by atoms with Crippen LogP contribution >= 0.6 is 11.6 Å². The molecule has 0 radical (unpaired) electrons. The molecule has 2 aromatic heterocycles. The molecule has 1 aliphatic heterocycles. The van der Waals surface area contributed by atoms with Gasteiger partial charge in [0.25, 0.3) is 5.91 Å². The van der Waals surface area contributed by atoms with E-state index in [4.69, 9.17) is 11.6 Å². The van der Waals surface area contributed by atoms with Crippen molar-refractivity contribution in [1.29, 1.82) is 0 Å². The van der Waals surface area contributed by atoms with Gasteiger partial charge in [-0.05, 0) is 43.5 Å². The number of fused-ring (bicyclic) bond motifs is 1. The fourth-order valence-corrected chi connectivity index (χ4v) is 3.94. The number of pyridine rings is 1. The highest BCUT2D eigenvalue weighted by molar-refractivity contribution is 6.31. The Morgan fingerprint density at radius 1 is 1.19 bits per heavy atom. The maximum absolute atomic E-state index is 13.0. The molecule has 0 unspecified atom stereocenters. The van der Waals surface area contributed by atoms with E-state index in [2.05, 4.69) is 17.2 Å². The summed E-state index contributed by atoms with van der Waals surface area (Å²) in [4.78, 5) is 19.5. The Kier molecular flexibility index (Phi) is 5.14. The number of hydrogen-bond acceptors (Lipinski definition) is 3. The first kappa shape index (κ1) is 18.0. The number of rotatable bonds is 5. The van der Waals surface area contributed by atoms with Crippen LogP contribution in [0.5, 0.6) is 0 Å². The van der Waals surface area contributed by atoms with Crippen molar-refractivity contribution in [2.45, 2.75) is 32.4 Å². The molecule has 3 heterocycles. The molecule has 4 rings (SSSR count). The number of benzene rings is 1. The van der Waals surface area contributed by atoms with Gasteiger partial charge in [0.15, 0.2) is 5.69 Å². The van der Waals surface area contributed by atoms with Gasteiger partial charge in [0, 0.05) is 36.9 Å². The minimum atomic E-state index is 0.0263. The van der Waals surface area contributed by atoms with Crippen LogP contribution in [-0.2, 0) is 6.54 Å². The highest BCUT2D eigenvalue weighted by atomic mass is 35.5.